The first-order valence-electron chi connectivity index (χ1n) is 9.35. The van der Waals surface area contributed by atoms with Crippen LogP contribution in [-0.2, 0) is 14.8 Å². The standard InChI is InChI=1S/C19H18N4O5S3/c24-18(13-29-19-20-16-6-1-2-7-17(16)30-19)21-8-10-22(11-9-21)31(27,28)15-5-3-4-14(12-15)23(25)26/h1-7,12H,8-11,13H2. The zero-order valence-electron chi connectivity index (χ0n) is 16.2. The van der Waals surface area contributed by atoms with E-state index in [0.717, 1.165) is 20.6 Å². The summed E-state index contributed by atoms with van der Waals surface area (Å²) in [5.41, 5.74) is 0.629. The van der Waals surface area contributed by atoms with Gasteiger partial charge in [-0.2, -0.15) is 4.31 Å². The van der Waals surface area contributed by atoms with Crippen LogP contribution >= 0.6 is 23.1 Å². The van der Waals surface area contributed by atoms with Crippen LogP contribution in [0.2, 0.25) is 0 Å². The van der Waals surface area contributed by atoms with Crippen molar-refractivity contribution in [3.63, 3.8) is 0 Å². The Hall–Kier alpha value is -2.54. The van der Waals surface area contributed by atoms with Crippen molar-refractivity contribution in [1.29, 1.82) is 0 Å². The minimum absolute atomic E-state index is 0.0725. The van der Waals surface area contributed by atoms with Crippen LogP contribution in [0.25, 0.3) is 10.2 Å². The molecule has 1 amide bonds. The average Bonchev–Trinajstić information content (AvgIpc) is 3.20. The Labute approximate surface area is 186 Å². The molecule has 2 heterocycles. The molecular formula is C19H18N4O5S3. The lowest BCUT2D eigenvalue weighted by atomic mass is 10.3. The second kappa shape index (κ2) is 8.91. The molecule has 1 aromatic heterocycles. The number of thiazole rings is 1. The summed E-state index contributed by atoms with van der Waals surface area (Å²) in [4.78, 5) is 28.9. The number of hydrogen-bond acceptors (Lipinski definition) is 8. The van der Waals surface area contributed by atoms with E-state index in [2.05, 4.69) is 4.98 Å². The van der Waals surface area contributed by atoms with Crippen LogP contribution in [0.1, 0.15) is 0 Å². The lowest BCUT2D eigenvalue weighted by molar-refractivity contribution is -0.385. The van der Waals surface area contributed by atoms with E-state index in [1.165, 1.54) is 45.6 Å². The third-order valence-corrected chi connectivity index (χ3v) is 8.91. The summed E-state index contributed by atoms with van der Waals surface area (Å²) < 4.78 is 28.8. The van der Waals surface area contributed by atoms with E-state index < -0.39 is 14.9 Å². The fourth-order valence-corrected chi connectivity index (χ4v) is 6.65. The number of para-hydroxylation sites is 1. The Kier molecular flexibility index (Phi) is 6.23. The van der Waals surface area contributed by atoms with Crippen molar-refractivity contribution in [2.45, 2.75) is 9.24 Å². The van der Waals surface area contributed by atoms with Gasteiger partial charge in [-0.3, -0.25) is 14.9 Å². The minimum Gasteiger partial charge on any atom is -0.339 e. The highest BCUT2D eigenvalue weighted by Gasteiger charge is 2.31. The Morgan fingerprint density at radius 3 is 2.58 bits per heavy atom. The number of hydrogen-bond donors (Lipinski definition) is 0. The van der Waals surface area contributed by atoms with Gasteiger partial charge in [0.15, 0.2) is 4.34 Å². The molecule has 0 aliphatic carbocycles. The highest BCUT2D eigenvalue weighted by molar-refractivity contribution is 8.01. The Bertz CT molecular complexity index is 1200. The molecule has 1 saturated heterocycles. The zero-order chi connectivity index (χ0) is 22.0. The summed E-state index contributed by atoms with van der Waals surface area (Å²) in [7, 11) is -3.86. The maximum absolute atomic E-state index is 12.8. The van der Waals surface area contributed by atoms with E-state index >= 15 is 0 Å². The molecule has 1 fully saturated rings. The van der Waals surface area contributed by atoms with Crippen molar-refractivity contribution < 1.29 is 18.1 Å². The maximum Gasteiger partial charge on any atom is 0.270 e. The molecule has 4 rings (SSSR count). The van der Waals surface area contributed by atoms with Gasteiger partial charge in [0, 0.05) is 38.3 Å². The number of carbonyl (C=O) groups excluding carboxylic acids is 1. The molecule has 1 aliphatic rings. The number of rotatable bonds is 6. The number of amides is 1. The monoisotopic (exact) mass is 478 g/mol. The van der Waals surface area contributed by atoms with E-state index in [1.54, 1.807) is 4.90 Å². The number of carbonyl (C=O) groups is 1. The molecular weight excluding hydrogens is 460 g/mol. The molecule has 162 valence electrons. The first-order chi connectivity index (χ1) is 14.8. The quantitative estimate of drug-likeness (QED) is 0.304. The van der Waals surface area contributed by atoms with Gasteiger partial charge in [0.25, 0.3) is 5.69 Å². The third kappa shape index (κ3) is 4.71. The predicted molar refractivity (Wildman–Crippen MR) is 119 cm³/mol. The summed E-state index contributed by atoms with van der Waals surface area (Å²) >= 11 is 2.91. The lowest BCUT2D eigenvalue weighted by Gasteiger charge is -2.33. The van der Waals surface area contributed by atoms with Crippen molar-refractivity contribution in [3.8, 4) is 0 Å². The minimum atomic E-state index is -3.86. The molecule has 0 N–H and O–H groups in total. The largest absolute Gasteiger partial charge is 0.339 e. The third-order valence-electron chi connectivity index (χ3n) is 4.85. The molecule has 0 atom stereocenters. The molecule has 0 radical (unpaired) electrons. The van der Waals surface area contributed by atoms with Crippen LogP contribution in [0.15, 0.2) is 57.8 Å². The fourth-order valence-electron chi connectivity index (χ4n) is 3.21. The van der Waals surface area contributed by atoms with Gasteiger partial charge in [-0.25, -0.2) is 13.4 Å². The van der Waals surface area contributed by atoms with Gasteiger partial charge in [0.2, 0.25) is 15.9 Å². The Morgan fingerprint density at radius 1 is 1.13 bits per heavy atom. The second-order valence-corrected chi connectivity index (χ2v) is 11.0. The van der Waals surface area contributed by atoms with Crippen molar-refractivity contribution in [3.05, 3.63) is 58.6 Å². The second-order valence-electron chi connectivity index (χ2n) is 6.78. The number of fused-ring (bicyclic) bond motifs is 1. The van der Waals surface area contributed by atoms with Crippen molar-refractivity contribution in [2.75, 3.05) is 31.9 Å². The van der Waals surface area contributed by atoms with E-state index in [1.807, 2.05) is 24.3 Å². The highest BCUT2D eigenvalue weighted by Crippen LogP contribution is 2.29. The topological polar surface area (TPSA) is 114 Å². The molecule has 0 unspecified atom stereocenters. The summed E-state index contributed by atoms with van der Waals surface area (Å²) in [5.74, 6) is 0.161. The summed E-state index contributed by atoms with van der Waals surface area (Å²) in [5, 5.41) is 10.9. The van der Waals surface area contributed by atoms with Crippen molar-refractivity contribution in [2.24, 2.45) is 0 Å². The number of benzene rings is 2. The van der Waals surface area contributed by atoms with Crippen LogP contribution in [-0.4, -0.2) is 65.4 Å². The number of sulfonamides is 1. The van der Waals surface area contributed by atoms with Gasteiger partial charge in [-0.1, -0.05) is 30.0 Å². The predicted octanol–water partition coefficient (Wildman–Crippen LogP) is 2.83. The van der Waals surface area contributed by atoms with Gasteiger partial charge in [0.1, 0.15) is 0 Å². The molecule has 1 aliphatic heterocycles. The fraction of sp³-hybridized carbons (Fsp3) is 0.263. The van der Waals surface area contributed by atoms with E-state index in [4.69, 9.17) is 0 Å². The Balaban J connectivity index is 1.34. The first-order valence-corrected chi connectivity index (χ1v) is 12.6. The lowest BCUT2D eigenvalue weighted by Crippen LogP contribution is -2.50. The zero-order valence-corrected chi connectivity index (χ0v) is 18.7. The number of nitrogens with zero attached hydrogens (tertiary/aromatic N) is 4. The number of thioether (sulfide) groups is 1. The van der Waals surface area contributed by atoms with Gasteiger partial charge in [-0.05, 0) is 18.2 Å². The summed E-state index contributed by atoms with van der Waals surface area (Å²) in [6.45, 7) is 0.825. The number of nitro groups is 1. The summed E-state index contributed by atoms with van der Waals surface area (Å²) in [6, 6.07) is 12.8. The summed E-state index contributed by atoms with van der Waals surface area (Å²) in [6.07, 6.45) is 0. The van der Waals surface area contributed by atoms with Crippen molar-refractivity contribution in [1.82, 2.24) is 14.2 Å². The number of non-ortho nitro benzene ring substituents is 1. The van der Waals surface area contributed by atoms with Gasteiger partial charge >= 0.3 is 0 Å². The van der Waals surface area contributed by atoms with Crippen LogP contribution in [0.5, 0.6) is 0 Å². The van der Waals surface area contributed by atoms with E-state index in [-0.39, 0.29) is 48.4 Å². The average molecular weight is 479 g/mol. The molecule has 2 aromatic carbocycles. The first kappa shape index (κ1) is 21.7. The number of aromatic nitrogens is 1. The molecule has 12 heteroatoms. The Morgan fingerprint density at radius 2 is 1.87 bits per heavy atom. The molecule has 0 saturated carbocycles. The van der Waals surface area contributed by atoms with Gasteiger partial charge in [-0.15, -0.1) is 11.3 Å². The molecule has 9 nitrogen and oxygen atoms in total. The smallest absolute Gasteiger partial charge is 0.270 e. The van der Waals surface area contributed by atoms with Gasteiger partial charge in [0.05, 0.1) is 25.8 Å². The van der Waals surface area contributed by atoms with E-state index in [0.29, 0.717) is 0 Å². The van der Waals surface area contributed by atoms with Crippen molar-refractivity contribution >= 4 is 54.9 Å². The SMILES string of the molecule is O=C(CSc1nc2ccccc2s1)N1CCN(S(=O)(=O)c2cccc([N+](=O)[O-])c2)CC1. The van der Waals surface area contributed by atoms with Crippen LogP contribution in [0.3, 0.4) is 0 Å². The molecule has 3 aromatic rings. The number of piperazine rings is 1. The maximum atomic E-state index is 12.8. The van der Waals surface area contributed by atoms with Crippen LogP contribution < -0.4 is 0 Å². The van der Waals surface area contributed by atoms with Gasteiger partial charge < -0.3 is 4.90 Å². The highest BCUT2D eigenvalue weighted by atomic mass is 32.2. The normalized spacial score (nSPS) is 15.3. The molecule has 0 spiro atoms. The van der Waals surface area contributed by atoms with Crippen LogP contribution in [0, 0.1) is 10.1 Å². The molecule has 0 bridgehead atoms. The van der Waals surface area contributed by atoms with E-state index in [9.17, 15) is 23.3 Å². The number of nitro benzene ring substituents is 1. The van der Waals surface area contributed by atoms with Crippen LogP contribution in [0.4, 0.5) is 5.69 Å². The molecule has 31 heavy (non-hydrogen) atoms.